The fourth-order valence-electron chi connectivity index (χ4n) is 0.752. The van der Waals surface area contributed by atoms with E-state index in [1.807, 2.05) is 0 Å². The summed E-state index contributed by atoms with van der Waals surface area (Å²) in [5.74, 6) is 1.73. The second-order valence-electron chi connectivity index (χ2n) is 2.08. The fraction of sp³-hybridized carbons (Fsp3) is 0.143. The molecule has 1 unspecified atom stereocenters. The Hall–Kier alpha value is -1.31. The third-order valence-electron chi connectivity index (χ3n) is 1.30. The summed E-state index contributed by atoms with van der Waals surface area (Å²) in [7, 11) is 0. The van der Waals surface area contributed by atoms with Gasteiger partial charge in [0.1, 0.15) is 5.94 Å². The van der Waals surface area contributed by atoms with Crippen LogP contribution in [0.5, 0.6) is 0 Å². The number of hydrogen-bond acceptors (Lipinski definition) is 3. The van der Waals surface area contributed by atoms with Crippen LogP contribution < -0.4 is 11.5 Å². The molecule has 1 aliphatic rings. The van der Waals surface area contributed by atoms with Crippen molar-refractivity contribution in [2.24, 2.45) is 11.5 Å². The van der Waals surface area contributed by atoms with Crippen LogP contribution in [0.2, 0.25) is 0 Å². The van der Waals surface area contributed by atoms with Crippen molar-refractivity contribution >= 4 is 5.94 Å². The van der Waals surface area contributed by atoms with Gasteiger partial charge in [0, 0.05) is 5.70 Å². The van der Waals surface area contributed by atoms with Crippen molar-refractivity contribution in [2.75, 3.05) is 0 Å². The Balaban J connectivity index is 2.95. The molecule has 0 radical (unpaired) electrons. The molecule has 0 aromatic rings. The molecule has 0 aromatic carbocycles. The van der Waals surface area contributed by atoms with Crippen molar-refractivity contribution in [3.8, 4) is 0 Å². The van der Waals surface area contributed by atoms with Gasteiger partial charge in [-0.1, -0.05) is 0 Å². The van der Waals surface area contributed by atoms with Gasteiger partial charge in [0.05, 0.1) is 11.6 Å². The van der Waals surface area contributed by atoms with Gasteiger partial charge in [-0.05, 0) is 18.2 Å². The minimum absolute atomic E-state index is 0.387. The fourth-order valence-corrected chi connectivity index (χ4v) is 0.752. The molecule has 0 saturated heterocycles. The van der Waals surface area contributed by atoms with Crippen LogP contribution in [-0.2, 0) is 4.79 Å². The summed E-state index contributed by atoms with van der Waals surface area (Å²) in [6, 6.07) is -0.387. The second kappa shape index (κ2) is 2.52. The molecule has 10 heavy (non-hydrogen) atoms. The highest BCUT2D eigenvalue weighted by Crippen LogP contribution is 2.07. The first-order valence-corrected chi connectivity index (χ1v) is 2.90. The van der Waals surface area contributed by atoms with E-state index < -0.39 is 0 Å². The number of carbonyl (C=O) groups excluding carboxylic acids is 1. The van der Waals surface area contributed by atoms with Crippen LogP contribution in [0.15, 0.2) is 29.5 Å². The van der Waals surface area contributed by atoms with E-state index >= 15 is 0 Å². The molecule has 0 bridgehead atoms. The molecule has 1 aliphatic carbocycles. The predicted octanol–water partition coefficient (Wildman–Crippen LogP) is -0.516. The molecule has 3 nitrogen and oxygen atoms in total. The third kappa shape index (κ3) is 1.16. The Labute approximate surface area is 58.7 Å². The molecule has 1 rings (SSSR count). The minimum Gasteiger partial charge on any atom is -0.399 e. The predicted molar refractivity (Wildman–Crippen MR) is 38.6 cm³/mol. The molecule has 0 aromatic heterocycles. The van der Waals surface area contributed by atoms with Gasteiger partial charge in [-0.2, -0.15) is 0 Å². The molecule has 3 heteroatoms. The first-order valence-electron chi connectivity index (χ1n) is 2.90. The molecule has 52 valence electrons. The highest BCUT2D eigenvalue weighted by molar-refractivity contribution is 5.62. The van der Waals surface area contributed by atoms with Crippen molar-refractivity contribution in [1.82, 2.24) is 0 Å². The van der Waals surface area contributed by atoms with Crippen molar-refractivity contribution in [2.45, 2.75) is 6.04 Å². The van der Waals surface area contributed by atoms with E-state index in [4.69, 9.17) is 11.5 Å². The van der Waals surface area contributed by atoms with Crippen LogP contribution in [0.25, 0.3) is 0 Å². The quantitative estimate of drug-likeness (QED) is 0.440. The van der Waals surface area contributed by atoms with Crippen LogP contribution in [0, 0.1) is 0 Å². The highest BCUT2D eigenvalue weighted by atomic mass is 16.1. The maximum absolute atomic E-state index is 10.1. The maximum Gasteiger partial charge on any atom is 0.129 e. The zero-order valence-corrected chi connectivity index (χ0v) is 5.37. The number of hydrogen-bond donors (Lipinski definition) is 2. The van der Waals surface area contributed by atoms with Gasteiger partial charge in [-0.25, -0.2) is 4.79 Å². The topological polar surface area (TPSA) is 69.1 Å². The van der Waals surface area contributed by atoms with Crippen molar-refractivity contribution < 1.29 is 4.79 Å². The van der Waals surface area contributed by atoms with Crippen LogP contribution in [0.3, 0.4) is 0 Å². The lowest BCUT2D eigenvalue weighted by Gasteiger charge is -2.09. The van der Waals surface area contributed by atoms with Crippen LogP contribution in [0.1, 0.15) is 0 Å². The van der Waals surface area contributed by atoms with Crippen LogP contribution >= 0.6 is 0 Å². The zero-order valence-electron chi connectivity index (χ0n) is 5.37. The van der Waals surface area contributed by atoms with E-state index in [0.717, 1.165) is 0 Å². The number of rotatable bonds is 0. The molecule has 0 amide bonds. The summed E-state index contributed by atoms with van der Waals surface area (Å²) in [5, 5.41) is 0. The number of nitrogens with two attached hydrogens (primary N) is 2. The summed E-state index contributed by atoms with van der Waals surface area (Å²) < 4.78 is 0. The Morgan fingerprint density at radius 3 is 2.70 bits per heavy atom. The average Bonchev–Trinajstić information content (AvgIpc) is 1.88. The molecule has 0 spiro atoms. The molecule has 1 atom stereocenters. The standard InChI is InChI=1S/C7H8N2O/c8-6-2-1-5(4-10)7(9)3-6/h1-3,7H,8-9H2. The molecule has 0 saturated carbocycles. The second-order valence-corrected chi connectivity index (χ2v) is 2.08. The van der Waals surface area contributed by atoms with Gasteiger partial charge in [-0.15, -0.1) is 0 Å². The molecular formula is C7H8N2O. The number of allylic oxidation sites excluding steroid dienone is 1. The van der Waals surface area contributed by atoms with E-state index in [1.165, 1.54) is 0 Å². The van der Waals surface area contributed by atoms with E-state index in [9.17, 15) is 4.79 Å². The Kier molecular flexibility index (Phi) is 1.71. The normalized spacial score (nSPS) is 23.9. The minimum atomic E-state index is -0.387. The van der Waals surface area contributed by atoms with Gasteiger partial charge in [0.2, 0.25) is 0 Å². The third-order valence-corrected chi connectivity index (χ3v) is 1.30. The van der Waals surface area contributed by atoms with Gasteiger partial charge in [0.25, 0.3) is 0 Å². The van der Waals surface area contributed by atoms with Crippen molar-refractivity contribution in [3.63, 3.8) is 0 Å². The summed E-state index contributed by atoms with van der Waals surface area (Å²) in [6.45, 7) is 0. The molecular weight excluding hydrogens is 128 g/mol. The Bertz CT molecular complexity index is 246. The van der Waals surface area contributed by atoms with E-state index in [0.29, 0.717) is 11.3 Å². The molecule has 0 fully saturated rings. The lowest BCUT2D eigenvalue weighted by molar-refractivity contribution is 0.566. The zero-order chi connectivity index (χ0) is 7.56. The van der Waals surface area contributed by atoms with Gasteiger partial charge < -0.3 is 11.5 Å². The lowest BCUT2D eigenvalue weighted by atomic mass is 10.0. The molecule has 0 aliphatic heterocycles. The summed E-state index contributed by atoms with van der Waals surface area (Å²) >= 11 is 0. The molecule has 4 N–H and O–H groups in total. The van der Waals surface area contributed by atoms with Gasteiger partial charge >= 0.3 is 0 Å². The van der Waals surface area contributed by atoms with Gasteiger partial charge in [0.15, 0.2) is 0 Å². The smallest absolute Gasteiger partial charge is 0.129 e. The average molecular weight is 136 g/mol. The first kappa shape index (κ1) is 6.81. The van der Waals surface area contributed by atoms with Gasteiger partial charge in [-0.3, -0.25) is 0 Å². The molecule has 0 heterocycles. The van der Waals surface area contributed by atoms with Crippen molar-refractivity contribution in [3.05, 3.63) is 29.5 Å². The lowest BCUT2D eigenvalue weighted by Crippen LogP contribution is -2.23. The Morgan fingerprint density at radius 1 is 1.50 bits per heavy atom. The van der Waals surface area contributed by atoms with Crippen LogP contribution in [-0.4, -0.2) is 12.0 Å². The van der Waals surface area contributed by atoms with Crippen LogP contribution in [0.4, 0.5) is 0 Å². The summed E-state index contributed by atoms with van der Waals surface area (Å²) in [6.07, 6.45) is 4.82. The highest BCUT2D eigenvalue weighted by Gasteiger charge is 2.08. The first-order chi connectivity index (χ1) is 4.74. The summed E-state index contributed by atoms with van der Waals surface area (Å²) in [5.41, 5.74) is 11.9. The van der Waals surface area contributed by atoms with E-state index in [1.54, 1.807) is 24.2 Å². The Morgan fingerprint density at radius 2 is 2.20 bits per heavy atom. The largest absolute Gasteiger partial charge is 0.399 e. The monoisotopic (exact) mass is 136 g/mol. The maximum atomic E-state index is 10.1. The van der Waals surface area contributed by atoms with E-state index in [2.05, 4.69) is 0 Å². The van der Waals surface area contributed by atoms with Crippen molar-refractivity contribution in [1.29, 1.82) is 0 Å². The van der Waals surface area contributed by atoms with E-state index in [-0.39, 0.29) is 6.04 Å². The summed E-state index contributed by atoms with van der Waals surface area (Å²) in [4.78, 5) is 10.1. The SMILES string of the molecule is NC1=CC(N)C(=C=O)C=C1.